The summed E-state index contributed by atoms with van der Waals surface area (Å²) < 4.78 is 4.36. The Balaban J connectivity index is 1.15. The molecule has 10 aromatic rings. The third-order valence-corrected chi connectivity index (χ3v) is 15.3. The highest BCUT2D eigenvalue weighted by Gasteiger charge is 2.26. The largest absolute Gasteiger partial charge is 0.309 e. The van der Waals surface area contributed by atoms with Gasteiger partial charge in [0.15, 0.2) is 0 Å². The first-order valence-corrected chi connectivity index (χ1v) is 23.9. The third-order valence-electron chi connectivity index (χ3n) is 12.8. The second-order valence-corrected chi connectivity index (χ2v) is 21.5. The topological polar surface area (TPSA) is 54.1 Å². The number of anilines is 6. The minimum atomic E-state index is 0.0249. The van der Waals surface area contributed by atoms with E-state index < -0.39 is 0 Å². The van der Waals surface area contributed by atoms with Crippen LogP contribution in [-0.2, 0) is 10.8 Å². The smallest absolute Gasteiger partial charge is 0.103 e. The number of hydrogen-bond donors (Lipinski definition) is 0. The van der Waals surface area contributed by atoms with Gasteiger partial charge in [-0.2, -0.15) is 10.5 Å². The molecule has 2 aromatic heterocycles. The van der Waals surface area contributed by atoms with Crippen molar-refractivity contribution in [2.24, 2.45) is 0 Å². The maximum atomic E-state index is 11.1. The highest BCUT2D eigenvalue weighted by Crippen LogP contribution is 2.50. The minimum absolute atomic E-state index is 0.0249. The van der Waals surface area contributed by atoms with Crippen molar-refractivity contribution in [3.8, 4) is 12.1 Å². The molecule has 0 saturated heterocycles. The van der Waals surface area contributed by atoms with E-state index in [2.05, 4.69) is 205 Å². The predicted molar refractivity (Wildman–Crippen MR) is 280 cm³/mol. The number of hydrogen-bond acceptors (Lipinski definition) is 6. The lowest BCUT2D eigenvalue weighted by atomic mass is 9.87. The molecule has 0 spiro atoms. The van der Waals surface area contributed by atoms with E-state index in [4.69, 9.17) is 0 Å². The normalized spacial score (nSPS) is 12.1. The number of rotatable bonds is 7. The van der Waals surface area contributed by atoms with Gasteiger partial charge in [0.2, 0.25) is 0 Å². The Morgan fingerprint density at radius 1 is 0.446 bits per heavy atom. The molecule has 0 aliphatic heterocycles. The molecular formula is C59H50N4S2. The lowest BCUT2D eigenvalue weighted by Gasteiger charge is -2.27. The molecule has 10 rings (SSSR count). The maximum absolute atomic E-state index is 11.1. The third kappa shape index (κ3) is 7.19. The molecule has 0 aliphatic rings. The first-order valence-electron chi connectivity index (χ1n) is 22.3. The van der Waals surface area contributed by atoms with E-state index >= 15 is 0 Å². The number of thiophene rings is 2. The van der Waals surface area contributed by atoms with Crippen LogP contribution in [0.2, 0.25) is 0 Å². The van der Waals surface area contributed by atoms with Crippen LogP contribution >= 0.6 is 22.7 Å². The van der Waals surface area contributed by atoms with Crippen LogP contribution < -0.4 is 9.80 Å². The van der Waals surface area contributed by atoms with Gasteiger partial charge in [0.05, 0.1) is 31.9 Å². The molecule has 65 heavy (non-hydrogen) atoms. The molecule has 6 heteroatoms. The van der Waals surface area contributed by atoms with Gasteiger partial charge in [-0.15, -0.1) is 22.7 Å². The molecule has 0 fully saturated rings. The molecule has 0 N–H and O–H groups in total. The van der Waals surface area contributed by atoms with Gasteiger partial charge in [-0.3, -0.25) is 0 Å². The molecule has 0 radical (unpaired) electrons. The van der Waals surface area contributed by atoms with Crippen LogP contribution in [0.25, 0.3) is 51.1 Å². The van der Waals surface area contributed by atoms with Crippen LogP contribution in [0.15, 0.2) is 152 Å². The zero-order valence-electron chi connectivity index (χ0n) is 38.1. The average molecular weight is 879 g/mol. The molecule has 0 aliphatic carbocycles. The lowest BCUT2D eigenvalue weighted by Crippen LogP contribution is -2.14. The summed E-state index contributed by atoms with van der Waals surface area (Å²) in [7, 11) is 0. The predicted octanol–water partition coefficient (Wildman–Crippen LogP) is 18.0. The zero-order valence-corrected chi connectivity index (χ0v) is 39.7. The van der Waals surface area contributed by atoms with Gasteiger partial charge in [0, 0.05) is 53.7 Å². The van der Waals surface area contributed by atoms with Crippen LogP contribution in [0.1, 0.15) is 89.1 Å². The van der Waals surface area contributed by atoms with Crippen molar-refractivity contribution in [3.63, 3.8) is 0 Å². The molecule has 0 atom stereocenters. The summed E-state index contributed by atoms with van der Waals surface area (Å²) in [6.07, 6.45) is 0. The Labute approximate surface area is 389 Å². The van der Waals surface area contributed by atoms with Crippen molar-refractivity contribution in [1.82, 2.24) is 0 Å². The molecule has 0 bridgehead atoms. The Hall–Kier alpha value is -6.96. The average Bonchev–Trinajstić information content (AvgIpc) is 3.85. The van der Waals surface area contributed by atoms with Gasteiger partial charge < -0.3 is 9.80 Å². The Kier molecular flexibility index (Phi) is 10.3. The second-order valence-electron chi connectivity index (χ2n) is 19.4. The van der Waals surface area contributed by atoms with Crippen molar-refractivity contribution in [3.05, 3.63) is 179 Å². The van der Waals surface area contributed by atoms with Crippen molar-refractivity contribution in [2.45, 2.75) is 72.1 Å². The Bertz CT molecular complexity index is 3530. The number of fused-ring (bicyclic) bond motifs is 7. The van der Waals surface area contributed by atoms with E-state index in [1.54, 1.807) is 22.7 Å². The van der Waals surface area contributed by atoms with Crippen LogP contribution in [0.5, 0.6) is 0 Å². The fourth-order valence-corrected chi connectivity index (χ4v) is 12.1. The first-order chi connectivity index (χ1) is 31.2. The molecular weight excluding hydrogens is 829 g/mol. The van der Waals surface area contributed by atoms with Gasteiger partial charge in [0.1, 0.15) is 12.1 Å². The van der Waals surface area contributed by atoms with Crippen LogP contribution in [-0.4, -0.2) is 0 Å². The van der Waals surface area contributed by atoms with Crippen molar-refractivity contribution >= 4 is 108 Å². The quantitative estimate of drug-likeness (QED) is 0.160. The van der Waals surface area contributed by atoms with Crippen molar-refractivity contribution in [2.75, 3.05) is 9.80 Å². The van der Waals surface area contributed by atoms with Crippen LogP contribution in [0.3, 0.4) is 0 Å². The van der Waals surface area contributed by atoms with E-state index in [1.165, 1.54) is 32.2 Å². The van der Waals surface area contributed by atoms with Gasteiger partial charge in [-0.25, -0.2) is 0 Å². The summed E-state index contributed by atoms with van der Waals surface area (Å²) in [5.74, 6) is 0.221. The standard InChI is InChI=1S/C59H50N4S2/c1-36(2)54-46-33-53-47(44-27-29-51(49(34-60)55(44)64-53)62(40-15-11-9-12-16-40)42-23-19-38(20-24-42)58(3,4)5)31-37(46)32-48-45-28-30-52(50(35-61)56(45)65-57(48)54)63(41-17-13-10-14-18-41)43-25-21-39(22-26-43)59(6,7)8/h9-33,36H,1-8H3. The summed E-state index contributed by atoms with van der Waals surface area (Å²) >= 11 is 3.44. The summed E-state index contributed by atoms with van der Waals surface area (Å²) in [6, 6.07) is 59.2. The van der Waals surface area contributed by atoms with E-state index in [0.29, 0.717) is 11.1 Å². The van der Waals surface area contributed by atoms with E-state index in [1.807, 2.05) is 24.3 Å². The van der Waals surface area contributed by atoms with E-state index in [-0.39, 0.29) is 16.7 Å². The highest BCUT2D eigenvalue weighted by atomic mass is 32.1. The summed E-state index contributed by atoms with van der Waals surface area (Å²) in [5.41, 5.74) is 11.0. The zero-order chi connectivity index (χ0) is 45.4. The number of benzene rings is 8. The molecule has 4 nitrogen and oxygen atoms in total. The molecule has 0 saturated carbocycles. The number of nitrogens with zero attached hydrogens (tertiary/aromatic N) is 4. The van der Waals surface area contributed by atoms with E-state index in [0.717, 1.165) is 69.8 Å². The molecule has 318 valence electrons. The van der Waals surface area contributed by atoms with Crippen LogP contribution in [0.4, 0.5) is 34.1 Å². The molecule has 0 amide bonds. The van der Waals surface area contributed by atoms with Gasteiger partial charge in [-0.1, -0.05) is 128 Å². The van der Waals surface area contributed by atoms with Gasteiger partial charge in [0.25, 0.3) is 0 Å². The summed E-state index contributed by atoms with van der Waals surface area (Å²) in [6.45, 7) is 17.9. The van der Waals surface area contributed by atoms with Crippen LogP contribution in [0, 0.1) is 22.7 Å². The maximum Gasteiger partial charge on any atom is 0.103 e. The van der Waals surface area contributed by atoms with Crippen molar-refractivity contribution in [1.29, 1.82) is 10.5 Å². The van der Waals surface area contributed by atoms with Gasteiger partial charge in [-0.05, 0) is 123 Å². The monoisotopic (exact) mass is 878 g/mol. The van der Waals surface area contributed by atoms with Gasteiger partial charge >= 0.3 is 0 Å². The second kappa shape index (κ2) is 15.9. The molecule has 8 aromatic carbocycles. The SMILES string of the molecule is CC(C)c1c2cc3sc4c(C#N)c(N(c5ccccc5)c5ccc(C(C)(C)C)cc5)ccc4c3cc2cc2c1sc1c(C#N)c(N(c3ccccc3)c3ccc(C(C)(C)C)cc3)ccc12. The fraction of sp³-hybridized carbons (Fsp3) is 0.186. The minimum Gasteiger partial charge on any atom is -0.309 e. The first kappa shape index (κ1) is 42.0. The Morgan fingerprint density at radius 3 is 1.32 bits per heavy atom. The Morgan fingerprint density at radius 2 is 0.877 bits per heavy atom. The summed E-state index contributed by atoms with van der Waals surface area (Å²) in [4.78, 5) is 4.43. The number of nitriles is 2. The lowest BCUT2D eigenvalue weighted by molar-refractivity contribution is 0.590. The molecule has 2 heterocycles. The molecule has 0 unspecified atom stereocenters. The summed E-state index contributed by atoms with van der Waals surface area (Å²) in [5, 5.41) is 28.9. The highest BCUT2D eigenvalue weighted by molar-refractivity contribution is 7.27. The fourth-order valence-electron chi connectivity index (χ4n) is 9.43. The van der Waals surface area contributed by atoms with Crippen molar-refractivity contribution < 1.29 is 0 Å². The number of para-hydroxylation sites is 2. The van der Waals surface area contributed by atoms with E-state index in [9.17, 15) is 10.5 Å².